The van der Waals surface area contributed by atoms with Gasteiger partial charge in [-0.2, -0.15) is 0 Å². The first-order chi connectivity index (χ1) is 9.04. The fourth-order valence-corrected chi connectivity index (χ4v) is 2.84. The van der Waals surface area contributed by atoms with E-state index in [4.69, 9.17) is 5.73 Å². The predicted molar refractivity (Wildman–Crippen MR) is 75.5 cm³/mol. The summed E-state index contributed by atoms with van der Waals surface area (Å²) in [4.78, 5) is 16.3. The summed E-state index contributed by atoms with van der Waals surface area (Å²) in [6, 6.07) is 4.47. The van der Waals surface area contributed by atoms with Crippen LogP contribution in [0.1, 0.15) is 10.4 Å². The summed E-state index contributed by atoms with van der Waals surface area (Å²) in [5, 5.41) is 0. The van der Waals surface area contributed by atoms with E-state index in [9.17, 15) is 9.18 Å². The number of nitrogens with two attached hydrogens (primary N) is 1. The lowest BCUT2D eigenvalue weighted by Crippen LogP contribution is -2.56. The minimum atomic E-state index is -0.505. The Labute approximate surface area is 120 Å². The summed E-state index contributed by atoms with van der Waals surface area (Å²) in [6.07, 6.45) is 0. The van der Waals surface area contributed by atoms with Gasteiger partial charge in [-0.25, -0.2) is 4.39 Å². The van der Waals surface area contributed by atoms with E-state index >= 15 is 0 Å². The van der Waals surface area contributed by atoms with Crippen LogP contribution in [0.5, 0.6) is 0 Å². The average molecular weight is 330 g/mol. The first kappa shape index (κ1) is 14.4. The second-order valence-electron chi connectivity index (χ2n) is 4.75. The third-order valence-corrected chi connectivity index (χ3v) is 4.06. The van der Waals surface area contributed by atoms with E-state index < -0.39 is 5.82 Å². The van der Waals surface area contributed by atoms with Crippen molar-refractivity contribution >= 4 is 21.8 Å². The molecule has 6 heteroatoms. The number of hydrogen-bond acceptors (Lipinski definition) is 3. The van der Waals surface area contributed by atoms with Gasteiger partial charge in [0.25, 0.3) is 5.91 Å². The molecule has 0 radical (unpaired) electrons. The van der Waals surface area contributed by atoms with Gasteiger partial charge in [0.2, 0.25) is 0 Å². The molecule has 1 aliphatic rings. The van der Waals surface area contributed by atoms with E-state index in [1.807, 2.05) is 7.05 Å². The number of hydrogen-bond donors (Lipinski definition) is 1. The first-order valence-electron chi connectivity index (χ1n) is 6.18. The number of carbonyl (C=O) groups excluding carboxylic acids is 1. The van der Waals surface area contributed by atoms with Gasteiger partial charge in [0.15, 0.2) is 0 Å². The molecule has 1 unspecified atom stereocenters. The number of nitrogens with zero attached hydrogens (tertiary/aromatic N) is 2. The number of rotatable bonds is 2. The third-order valence-electron chi connectivity index (χ3n) is 3.40. The van der Waals surface area contributed by atoms with Crippen molar-refractivity contribution in [2.24, 2.45) is 5.73 Å². The number of amides is 1. The minimum absolute atomic E-state index is 0.0715. The first-order valence-corrected chi connectivity index (χ1v) is 6.97. The van der Waals surface area contributed by atoms with E-state index in [-0.39, 0.29) is 17.5 Å². The van der Waals surface area contributed by atoms with Gasteiger partial charge >= 0.3 is 0 Å². The van der Waals surface area contributed by atoms with Crippen LogP contribution in [0.15, 0.2) is 22.7 Å². The zero-order valence-electron chi connectivity index (χ0n) is 10.8. The van der Waals surface area contributed by atoms with Crippen LogP contribution in [0.3, 0.4) is 0 Å². The van der Waals surface area contributed by atoms with Crippen LogP contribution in [0.4, 0.5) is 4.39 Å². The highest BCUT2D eigenvalue weighted by Gasteiger charge is 2.30. The Balaban J connectivity index is 2.28. The molecule has 19 heavy (non-hydrogen) atoms. The predicted octanol–water partition coefficient (Wildman–Crippen LogP) is 1.30. The molecular weight excluding hydrogens is 313 g/mol. The van der Waals surface area contributed by atoms with E-state index in [1.165, 1.54) is 6.07 Å². The zero-order valence-corrected chi connectivity index (χ0v) is 12.4. The van der Waals surface area contributed by atoms with E-state index in [2.05, 4.69) is 20.8 Å². The molecule has 1 fully saturated rings. The van der Waals surface area contributed by atoms with Gasteiger partial charge in [-0.15, -0.1) is 0 Å². The summed E-state index contributed by atoms with van der Waals surface area (Å²) < 4.78 is 14.3. The van der Waals surface area contributed by atoms with Crippen LogP contribution in [0.25, 0.3) is 0 Å². The Kier molecular flexibility index (Phi) is 4.54. The largest absolute Gasteiger partial charge is 0.332 e. The molecule has 0 bridgehead atoms. The van der Waals surface area contributed by atoms with Crippen LogP contribution < -0.4 is 5.73 Å². The van der Waals surface area contributed by atoms with Crippen LogP contribution in [-0.4, -0.2) is 55.0 Å². The Bertz CT molecular complexity index is 463. The molecule has 2 N–H and O–H groups in total. The van der Waals surface area contributed by atoms with Gasteiger partial charge in [0, 0.05) is 30.7 Å². The van der Waals surface area contributed by atoms with Crippen molar-refractivity contribution in [1.82, 2.24) is 9.80 Å². The minimum Gasteiger partial charge on any atom is -0.332 e. The van der Waals surface area contributed by atoms with Crippen molar-refractivity contribution in [3.8, 4) is 0 Å². The molecule has 1 aromatic rings. The third kappa shape index (κ3) is 2.96. The molecule has 1 saturated heterocycles. The smallest absolute Gasteiger partial charge is 0.258 e. The molecule has 1 aromatic carbocycles. The Hall–Kier alpha value is -0.980. The van der Waals surface area contributed by atoms with Gasteiger partial charge in [-0.1, -0.05) is 6.07 Å². The highest BCUT2D eigenvalue weighted by Crippen LogP contribution is 2.23. The summed E-state index contributed by atoms with van der Waals surface area (Å²) >= 11 is 3.24. The Morgan fingerprint density at radius 3 is 2.89 bits per heavy atom. The van der Waals surface area contributed by atoms with E-state index in [0.717, 1.165) is 6.54 Å². The van der Waals surface area contributed by atoms with Crippen molar-refractivity contribution in [1.29, 1.82) is 0 Å². The quantitative estimate of drug-likeness (QED) is 0.889. The van der Waals surface area contributed by atoms with Crippen molar-refractivity contribution < 1.29 is 9.18 Å². The number of piperazine rings is 1. The van der Waals surface area contributed by atoms with Crippen LogP contribution in [0, 0.1) is 5.82 Å². The molecule has 0 saturated carbocycles. The van der Waals surface area contributed by atoms with Gasteiger partial charge in [0.05, 0.1) is 11.6 Å². The lowest BCUT2D eigenvalue weighted by Gasteiger charge is -2.39. The molecule has 1 heterocycles. The topological polar surface area (TPSA) is 49.6 Å². The number of benzene rings is 1. The van der Waals surface area contributed by atoms with Gasteiger partial charge in [0.1, 0.15) is 5.82 Å². The van der Waals surface area contributed by atoms with Crippen LogP contribution >= 0.6 is 15.9 Å². The molecule has 4 nitrogen and oxygen atoms in total. The molecule has 2 rings (SSSR count). The maximum atomic E-state index is 13.8. The van der Waals surface area contributed by atoms with Crippen molar-refractivity contribution in [3.63, 3.8) is 0 Å². The number of halogens is 2. The fourth-order valence-electron chi connectivity index (χ4n) is 2.33. The lowest BCUT2D eigenvalue weighted by atomic mass is 10.1. The average Bonchev–Trinajstić information content (AvgIpc) is 2.38. The molecule has 104 valence electrons. The summed E-state index contributed by atoms with van der Waals surface area (Å²) in [6.45, 7) is 2.43. The zero-order chi connectivity index (χ0) is 14.0. The summed E-state index contributed by atoms with van der Waals surface area (Å²) in [7, 11) is 1.99. The van der Waals surface area contributed by atoms with E-state index in [0.29, 0.717) is 24.1 Å². The van der Waals surface area contributed by atoms with Gasteiger partial charge < -0.3 is 15.5 Å². The SMILES string of the molecule is CN1CCN(C(=O)c2c(F)cccc2Br)C(CN)C1. The number of likely N-dealkylation sites (N-methyl/N-ethyl adjacent to an activating group) is 1. The normalized spacial score (nSPS) is 20.6. The molecular formula is C13H17BrFN3O. The molecule has 0 aliphatic carbocycles. The molecule has 1 amide bonds. The van der Waals surface area contributed by atoms with E-state index in [1.54, 1.807) is 17.0 Å². The van der Waals surface area contributed by atoms with Crippen molar-refractivity contribution in [2.45, 2.75) is 6.04 Å². The fraction of sp³-hybridized carbons (Fsp3) is 0.462. The molecule has 1 atom stereocenters. The Morgan fingerprint density at radius 2 is 2.26 bits per heavy atom. The van der Waals surface area contributed by atoms with Crippen molar-refractivity contribution in [3.05, 3.63) is 34.1 Å². The standard InChI is InChI=1S/C13H17BrFN3O/c1-17-5-6-18(9(7-16)8-17)13(19)12-10(14)3-2-4-11(12)15/h2-4,9H,5-8,16H2,1H3. The summed E-state index contributed by atoms with van der Waals surface area (Å²) in [5.74, 6) is -0.803. The molecule has 0 spiro atoms. The van der Waals surface area contributed by atoms with Crippen LogP contribution in [0.2, 0.25) is 0 Å². The van der Waals surface area contributed by atoms with Gasteiger partial charge in [-0.05, 0) is 35.1 Å². The summed E-state index contributed by atoms with van der Waals surface area (Å²) in [5.41, 5.74) is 5.81. The number of carbonyl (C=O) groups is 1. The Morgan fingerprint density at radius 1 is 1.53 bits per heavy atom. The molecule has 1 aliphatic heterocycles. The second-order valence-corrected chi connectivity index (χ2v) is 5.60. The maximum Gasteiger partial charge on any atom is 0.258 e. The van der Waals surface area contributed by atoms with Crippen LogP contribution in [-0.2, 0) is 0 Å². The molecule has 0 aromatic heterocycles. The highest BCUT2D eigenvalue weighted by atomic mass is 79.9. The maximum absolute atomic E-state index is 13.8. The lowest BCUT2D eigenvalue weighted by molar-refractivity contribution is 0.0510. The monoisotopic (exact) mass is 329 g/mol. The van der Waals surface area contributed by atoms with Gasteiger partial charge in [-0.3, -0.25) is 4.79 Å². The van der Waals surface area contributed by atoms with Crippen molar-refractivity contribution in [2.75, 3.05) is 33.2 Å². The highest BCUT2D eigenvalue weighted by molar-refractivity contribution is 9.10. The second kappa shape index (κ2) is 5.98.